The molecule has 1 saturated carbocycles. The molecule has 1 aliphatic rings. The maximum Gasteiger partial charge on any atom is 0.269 e. The van der Waals surface area contributed by atoms with Gasteiger partial charge in [-0.3, -0.25) is 14.9 Å². The molecule has 184 valence electrons. The molecule has 1 N–H and O–H groups in total. The molecule has 5 rings (SSSR count). The molecule has 2 heterocycles. The Morgan fingerprint density at radius 3 is 2.53 bits per heavy atom. The van der Waals surface area contributed by atoms with E-state index in [9.17, 15) is 14.9 Å². The predicted octanol–water partition coefficient (Wildman–Crippen LogP) is 4.76. The van der Waals surface area contributed by atoms with Crippen LogP contribution in [0.5, 0.6) is 0 Å². The normalized spacial score (nSPS) is 14.1. The molecule has 0 aliphatic heterocycles. The second-order valence-corrected chi connectivity index (χ2v) is 9.32. The summed E-state index contributed by atoms with van der Waals surface area (Å²) in [7, 11) is 0. The lowest BCUT2D eigenvalue weighted by Crippen LogP contribution is -2.33. The minimum Gasteiger partial charge on any atom is -0.344 e. The van der Waals surface area contributed by atoms with Crippen LogP contribution in [0.15, 0.2) is 65.3 Å². The summed E-state index contributed by atoms with van der Waals surface area (Å²) in [6.07, 6.45) is 4.00. The van der Waals surface area contributed by atoms with Gasteiger partial charge in [0.25, 0.3) is 5.69 Å². The Bertz CT molecular complexity index is 1370. The first-order valence-electron chi connectivity index (χ1n) is 11.9. The number of non-ortho nitro benzene ring substituents is 1. The van der Waals surface area contributed by atoms with Crippen molar-refractivity contribution in [2.24, 2.45) is 5.92 Å². The molecule has 2 aromatic carbocycles. The van der Waals surface area contributed by atoms with E-state index in [0.717, 1.165) is 18.5 Å². The molecule has 36 heavy (non-hydrogen) atoms. The van der Waals surface area contributed by atoms with Crippen molar-refractivity contribution in [3.8, 4) is 16.9 Å². The first-order chi connectivity index (χ1) is 17.4. The minimum atomic E-state index is -0.446. The van der Waals surface area contributed by atoms with Gasteiger partial charge in [0, 0.05) is 35.4 Å². The number of nitrogens with zero attached hydrogens (tertiary/aromatic N) is 5. The number of para-hydroxylation sites is 1. The summed E-state index contributed by atoms with van der Waals surface area (Å²) in [6, 6.07) is 15.3. The Balaban J connectivity index is 1.41. The predicted molar refractivity (Wildman–Crippen MR) is 131 cm³/mol. The average molecular weight is 487 g/mol. The Morgan fingerprint density at radius 1 is 1.17 bits per heavy atom. The fourth-order valence-corrected chi connectivity index (χ4v) is 4.03. The molecule has 1 amide bonds. The Hall–Kier alpha value is -4.34. The van der Waals surface area contributed by atoms with Crippen molar-refractivity contribution in [2.75, 3.05) is 0 Å². The van der Waals surface area contributed by atoms with E-state index in [1.807, 2.05) is 50.4 Å². The lowest BCUT2D eigenvalue weighted by atomic mass is 10.0. The van der Waals surface area contributed by atoms with Crippen molar-refractivity contribution in [2.45, 2.75) is 45.1 Å². The third-order valence-electron chi connectivity index (χ3n) is 6.16. The molecule has 2 aromatic heterocycles. The second kappa shape index (κ2) is 9.73. The molecule has 1 aliphatic carbocycles. The highest BCUT2D eigenvalue weighted by atomic mass is 16.6. The largest absolute Gasteiger partial charge is 0.344 e. The van der Waals surface area contributed by atoms with E-state index in [1.165, 1.54) is 12.1 Å². The van der Waals surface area contributed by atoms with Crippen molar-refractivity contribution in [3.05, 3.63) is 88.2 Å². The zero-order valence-corrected chi connectivity index (χ0v) is 20.0. The fraction of sp³-hybridized carbons (Fsp3) is 0.308. The number of nitro benzene ring substituents is 1. The number of carbonyl (C=O) groups excluding carboxylic acids is 1. The average Bonchev–Trinajstić information content (AvgIpc) is 3.46. The maximum absolute atomic E-state index is 13.2. The van der Waals surface area contributed by atoms with Crippen molar-refractivity contribution in [3.63, 3.8) is 0 Å². The number of aromatic nitrogens is 4. The zero-order valence-electron chi connectivity index (χ0n) is 20.0. The van der Waals surface area contributed by atoms with Gasteiger partial charge >= 0.3 is 0 Å². The molecule has 0 bridgehead atoms. The smallest absolute Gasteiger partial charge is 0.269 e. The van der Waals surface area contributed by atoms with Gasteiger partial charge in [-0.15, -0.1) is 0 Å². The van der Waals surface area contributed by atoms with Gasteiger partial charge in [-0.25, -0.2) is 4.68 Å². The monoisotopic (exact) mass is 486 g/mol. The van der Waals surface area contributed by atoms with Gasteiger partial charge < -0.3 is 9.84 Å². The molecule has 10 heteroatoms. The van der Waals surface area contributed by atoms with Crippen LogP contribution in [0.4, 0.5) is 5.69 Å². The first-order valence-corrected chi connectivity index (χ1v) is 11.9. The Morgan fingerprint density at radius 2 is 1.89 bits per heavy atom. The lowest BCUT2D eigenvalue weighted by Gasteiger charge is -2.18. The van der Waals surface area contributed by atoms with Crippen molar-refractivity contribution in [1.82, 2.24) is 25.2 Å². The van der Waals surface area contributed by atoms with Crippen molar-refractivity contribution < 1.29 is 14.2 Å². The highest BCUT2D eigenvalue weighted by molar-refractivity contribution is 5.81. The van der Waals surface area contributed by atoms with E-state index >= 15 is 0 Å². The van der Waals surface area contributed by atoms with Crippen LogP contribution < -0.4 is 5.32 Å². The van der Waals surface area contributed by atoms with Gasteiger partial charge in [0.2, 0.25) is 11.8 Å². The molecule has 4 aromatic rings. The molecule has 1 fully saturated rings. The summed E-state index contributed by atoms with van der Waals surface area (Å²) < 4.78 is 7.19. The van der Waals surface area contributed by atoms with E-state index in [4.69, 9.17) is 9.62 Å². The molecule has 1 unspecified atom stereocenters. The van der Waals surface area contributed by atoms with Gasteiger partial charge in [-0.1, -0.05) is 37.2 Å². The molecular weight excluding hydrogens is 460 g/mol. The second-order valence-electron chi connectivity index (χ2n) is 9.32. The van der Waals surface area contributed by atoms with Crippen LogP contribution in [0, 0.1) is 16.0 Å². The number of benzene rings is 2. The number of carbonyl (C=O) groups is 1. The van der Waals surface area contributed by atoms with Crippen LogP contribution in [0.2, 0.25) is 0 Å². The van der Waals surface area contributed by atoms with Gasteiger partial charge in [0.1, 0.15) is 6.04 Å². The van der Waals surface area contributed by atoms with Crippen molar-refractivity contribution >= 4 is 11.6 Å². The Kier molecular flexibility index (Phi) is 6.32. The van der Waals surface area contributed by atoms with Crippen LogP contribution in [0.1, 0.15) is 55.9 Å². The van der Waals surface area contributed by atoms with Crippen LogP contribution >= 0.6 is 0 Å². The quantitative estimate of drug-likeness (QED) is 0.267. The highest BCUT2D eigenvalue weighted by Crippen LogP contribution is 2.38. The van der Waals surface area contributed by atoms with Crippen LogP contribution in [-0.2, 0) is 11.2 Å². The van der Waals surface area contributed by atoms with E-state index < -0.39 is 11.0 Å². The fourth-order valence-electron chi connectivity index (χ4n) is 4.03. The van der Waals surface area contributed by atoms with Gasteiger partial charge in [0.05, 0.1) is 22.7 Å². The lowest BCUT2D eigenvalue weighted by molar-refractivity contribution is -0.384. The number of hydrogen-bond donors (Lipinski definition) is 1. The summed E-state index contributed by atoms with van der Waals surface area (Å²) in [4.78, 5) is 28.4. The van der Waals surface area contributed by atoms with Crippen molar-refractivity contribution in [1.29, 1.82) is 0 Å². The minimum absolute atomic E-state index is 0.00886. The SMILES string of the molecule is CC(C)C(NC(=O)Cc1cn(-c2ccccc2)nc1-c1ccc([N+](=O)[O-])cc1)c1nc(C2CC2)no1. The van der Waals surface area contributed by atoms with Gasteiger partial charge in [-0.05, 0) is 43.0 Å². The molecule has 10 nitrogen and oxygen atoms in total. The summed E-state index contributed by atoms with van der Waals surface area (Å²) in [5.74, 6) is 1.31. The standard InChI is InChI=1S/C26H26N6O4/c1-16(2)23(26-28-25(30-36-26)18-8-9-18)27-22(33)14-19-15-31(20-6-4-3-5-7-20)29-24(19)17-10-12-21(13-11-17)32(34)35/h3-7,10-13,15-16,18,23H,8-9,14H2,1-2H3,(H,27,33). The third kappa shape index (κ3) is 5.02. The number of amides is 1. The Labute approximate surface area is 207 Å². The molecule has 0 spiro atoms. The summed E-state index contributed by atoms with van der Waals surface area (Å²) in [6.45, 7) is 3.98. The van der Waals surface area contributed by atoms with Crippen LogP contribution in [0.25, 0.3) is 16.9 Å². The van der Waals surface area contributed by atoms with E-state index in [1.54, 1.807) is 16.8 Å². The van der Waals surface area contributed by atoms with E-state index in [0.29, 0.717) is 34.5 Å². The topological polar surface area (TPSA) is 129 Å². The molecular formula is C26H26N6O4. The first kappa shape index (κ1) is 23.4. The number of hydrogen-bond acceptors (Lipinski definition) is 7. The summed E-state index contributed by atoms with van der Waals surface area (Å²) in [5.41, 5.74) is 2.79. The van der Waals surface area contributed by atoms with E-state index in [-0.39, 0.29) is 23.9 Å². The number of rotatable bonds is 9. The molecule has 0 radical (unpaired) electrons. The molecule has 0 saturated heterocycles. The number of nitrogens with one attached hydrogen (secondary N) is 1. The van der Waals surface area contributed by atoms with E-state index in [2.05, 4.69) is 15.5 Å². The van der Waals surface area contributed by atoms with Gasteiger partial charge in [-0.2, -0.15) is 10.1 Å². The van der Waals surface area contributed by atoms with Gasteiger partial charge in [0.15, 0.2) is 5.82 Å². The van der Waals surface area contributed by atoms with Crippen LogP contribution in [0.3, 0.4) is 0 Å². The maximum atomic E-state index is 13.2. The third-order valence-corrected chi connectivity index (χ3v) is 6.16. The zero-order chi connectivity index (χ0) is 25.2. The highest BCUT2D eigenvalue weighted by Gasteiger charge is 2.32. The summed E-state index contributed by atoms with van der Waals surface area (Å²) >= 11 is 0. The van der Waals surface area contributed by atoms with Crippen LogP contribution in [-0.4, -0.2) is 30.8 Å². The summed E-state index contributed by atoms with van der Waals surface area (Å²) in [5, 5.41) is 22.9. The molecule has 1 atom stereocenters. The number of nitro groups is 1.